The van der Waals surface area contributed by atoms with Gasteiger partial charge in [-0.1, -0.05) is 66.2 Å². The van der Waals surface area contributed by atoms with E-state index in [-0.39, 0.29) is 18.2 Å². The Labute approximate surface area is 250 Å². The van der Waals surface area contributed by atoms with Crippen molar-refractivity contribution in [3.8, 4) is 0 Å². The third-order valence-electron chi connectivity index (χ3n) is 6.34. The van der Waals surface area contributed by atoms with Crippen molar-refractivity contribution in [3.63, 3.8) is 0 Å². The van der Waals surface area contributed by atoms with Gasteiger partial charge in [-0.05, 0) is 59.5 Å². The number of ether oxygens (including phenoxy) is 2. The van der Waals surface area contributed by atoms with Gasteiger partial charge < -0.3 is 30.7 Å². The van der Waals surface area contributed by atoms with E-state index >= 15 is 0 Å². The average Bonchev–Trinajstić information content (AvgIpc) is 2.88. The first-order valence-corrected chi connectivity index (χ1v) is 14.4. The molecule has 5 atom stereocenters. The molecule has 5 unspecified atom stereocenters. The van der Waals surface area contributed by atoms with Gasteiger partial charge in [-0.15, -0.1) is 0 Å². The summed E-state index contributed by atoms with van der Waals surface area (Å²) in [5.74, 6) is -0.759. The van der Waals surface area contributed by atoms with Crippen molar-refractivity contribution in [2.75, 3.05) is 0 Å². The van der Waals surface area contributed by atoms with Crippen LogP contribution in [-0.4, -0.2) is 52.6 Å². The number of carbonyl (C=O) groups excluding carboxylic acids is 3. The Hall–Kier alpha value is -3.69. The molecule has 0 spiro atoms. The van der Waals surface area contributed by atoms with Gasteiger partial charge in [-0.2, -0.15) is 0 Å². The molecule has 5 N–H and O–H groups in total. The molecule has 1 aliphatic rings. The van der Waals surface area contributed by atoms with Gasteiger partial charge in [0.15, 0.2) is 0 Å². The monoisotopic (exact) mass is 584 g/mol. The standard InChI is InChI=1S/C33H48N2O7/c1-23(2)19-31(38)35-18-17-25(4)20-26(5)30-21-24(3)13-9-8-10-14-27(41-33(34)40)22-29(37)28(36)15-11-6-7-12-16-32(39)42-30/h8-9,11-13,15-20,26-30,36-37H,6-7,10,14,21-22H2,1-5H3,(H2,34,40)(H,35,38)/b9-8+,15-11-,16-12+,18-17+,24-13+,25-20+. The number of carbonyl (C=O) groups is 3. The lowest BCUT2D eigenvalue weighted by atomic mass is 9.95. The smallest absolute Gasteiger partial charge is 0.404 e. The lowest BCUT2D eigenvalue weighted by Gasteiger charge is -2.22. The zero-order chi connectivity index (χ0) is 31.5. The van der Waals surface area contributed by atoms with E-state index in [0.717, 1.165) is 16.7 Å². The lowest BCUT2D eigenvalue weighted by molar-refractivity contribution is -0.144. The fraction of sp³-hybridized carbons (Fsp3) is 0.485. The van der Waals surface area contributed by atoms with Crippen molar-refractivity contribution < 1.29 is 34.1 Å². The third-order valence-corrected chi connectivity index (χ3v) is 6.34. The van der Waals surface area contributed by atoms with Crippen LogP contribution in [0.25, 0.3) is 0 Å². The minimum absolute atomic E-state index is 0.0480. The number of nitrogens with two attached hydrogens (primary N) is 1. The summed E-state index contributed by atoms with van der Waals surface area (Å²) >= 11 is 0. The van der Waals surface area contributed by atoms with Crippen LogP contribution in [0, 0.1) is 5.92 Å². The van der Waals surface area contributed by atoms with Crippen LogP contribution in [-0.2, 0) is 19.1 Å². The Bertz CT molecular complexity index is 1090. The Morgan fingerprint density at radius 3 is 2.55 bits per heavy atom. The summed E-state index contributed by atoms with van der Waals surface area (Å²) < 4.78 is 11.0. The minimum Gasteiger partial charge on any atom is -0.458 e. The van der Waals surface area contributed by atoms with E-state index in [1.54, 1.807) is 24.4 Å². The average molecular weight is 585 g/mol. The molecule has 1 heterocycles. The number of aliphatic hydroxyl groups excluding tert-OH is 2. The summed E-state index contributed by atoms with van der Waals surface area (Å²) in [5, 5.41) is 23.3. The molecule has 0 radical (unpaired) electrons. The SMILES string of the molecule is CC(C)=CC(=O)N/C=C/C(C)=C/C(C)C1C/C(C)=C/C=C/CCC(OC(N)=O)CC(O)C(O)/C=C\CC/C=C/C(=O)O1. The Balaban J connectivity index is 3.09. The zero-order valence-corrected chi connectivity index (χ0v) is 25.5. The predicted molar refractivity (Wildman–Crippen MR) is 165 cm³/mol. The lowest BCUT2D eigenvalue weighted by Crippen LogP contribution is -2.32. The molecule has 2 amide bonds. The third kappa shape index (κ3) is 17.2. The number of nitrogens with one attached hydrogen (secondary N) is 1. The second-order valence-corrected chi connectivity index (χ2v) is 10.8. The number of aliphatic hydroxyl groups is 2. The van der Waals surface area contributed by atoms with Crippen molar-refractivity contribution in [2.45, 2.75) is 97.6 Å². The van der Waals surface area contributed by atoms with Gasteiger partial charge in [0, 0.05) is 37.1 Å². The summed E-state index contributed by atoms with van der Waals surface area (Å²) in [4.78, 5) is 35.8. The molecule has 42 heavy (non-hydrogen) atoms. The van der Waals surface area contributed by atoms with Gasteiger partial charge in [-0.3, -0.25) is 4.79 Å². The summed E-state index contributed by atoms with van der Waals surface area (Å²) in [7, 11) is 0. The van der Waals surface area contributed by atoms with Crippen LogP contribution in [0.3, 0.4) is 0 Å². The molecule has 232 valence electrons. The number of allylic oxidation sites excluding steroid dienone is 8. The number of hydrogen-bond acceptors (Lipinski definition) is 7. The summed E-state index contributed by atoms with van der Waals surface area (Å²) in [6, 6.07) is 0. The van der Waals surface area contributed by atoms with Gasteiger partial charge in [0.2, 0.25) is 5.91 Å². The Morgan fingerprint density at radius 1 is 1.14 bits per heavy atom. The van der Waals surface area contributed by atoms with Crippen LogP contribution in [0.2, 0.25) is 0 Å². The molecule has 1 aliphatic heterocycles. The van der Waals surface area contributed by atoms with E-state index in [0.29, 0.717) is 32.1 Å². The highest BCUT2D eigenvalue weighted by molar-refractivity contribution is 5.88. The van der Waals surface area contributed by atoms with Gasteiger partial charge in [-0.25, -0.2) is 9.59 Å². The minimum atomic E-state index is -1.13. The Morgan fingerprint density at radius 2 is 1.86 bits per heavy atom. The number of rotatable bonds is 6. The fourth-order valence-electron chi connectivity index (χ4n) is 4.19. The number of primary amides is 1. The Kier molecular flexibility index (Phi) is 17.5. The zero-order valence-electron chi connectivity index (χ0n) is 25.5. The summed E-state index contributed by atoms with van der Waals surface area (Å²) in [6.07, 6.45) is 17.3. The highest BCUT2D eigenvalue weighted by Gasteiger charge is 2.22. The van der Waals surface area contributed by atoms with E-state index in [9.17, 15) is 24.6 Å². The maximum Gasteiger partial charge on any atom is 0.404 e. The molecule has 9 heteroatoms. The number of esters is 1. The van der Waals surface area contributed by atoms with Crippen LogP contribution in [0.15, 0.2) is 83.7 Å². The summed E-state index contributed by atoms with van der Waals surface area (Å²) in [5.41, 5.74) is 8.01. The van der Waals surface area contributed by atoms with E-state index in [1.165, 1.54) is 18.2 Å². The molecule has 0 aliphatic carbocycles. The highest BCUT2D eigenvalue weighted by Crippen LogP contribution is 2.21. The van der Waals surface area contributed by atoms with Crippen LogP contribution in [0.5, 0.6) is 0 Å². The molecular weight excluding hydrogens is 536 g/mol. The molecule has 0 saturated carbocycles. The quantitative estimate of drug-likeness (QED) is 0.145. The first-order chi connectivity index (χ1) is 19.9. The van der Waals surface area contributed by atoms with E-state index < -0.39 is 36.5 Å². The normalized spacial score (nSPS) is 27.8. The van der Waals surface area contributed by atoms with Gasteiger partial charge in [0.1, 0.15) is 12.2 Å². The highest BCUT2D eigenvalue weighted by atomic mass is 16.6. The topological polar surface area (TPSA) is 148 Å². The molecule has 0 saturated heterocycles. The van der Waals surface area contributed by atoms with Crippen LogP contribution in [0.1, 0.15) is 73.1 Å². The molecular formula is C33H48N2O7. The van der Waals surface area contributed by atoms with Crippen molar-refractivity contribution in [1.82, 2.24) is 5.32 Å². The molecule has 0 aromatic rings. The molecule has 9 nitrogen and oxygen atoms in total. The molecule has 0 aromatic carbocycles. The first-order valence-electron chi connectivity index (χ1n) is 14.4. The van der Waals surface area contributed by atoms with E-state index in [2.05, 4.69) is 5.32 Å². The molecule has 0 bridgehead atoms. The number of cyclic esters (lactones) is 1. The van der Waals surface area contributed by atoms with Crippen LogP contribution < -0.4 is 11.1 Å². The van der Waals surface area contributed by atoms with Crippen LogP contribution in [0.4, 0.5) is 4.79 Å². The van der Waals surface area contributed by atoms with E-state index in [1.807, 2.05) is 58.9 Å². The molecule has 1 rings (SSSR count). The van der Waals surface area contributed by atoms with Gasteiger partial charge in [0.25, 0.3) is 0 Å². The van der Waals surface area contributed by atoms with Crippen LogP contribution >= 0.6 is 0 Å². The fourth-order valence-corrected chi connectivity index (χ4v) is 4.19. The maximum absolute atomic E-state index is 12.6. The first kappa shape index (κ1) is 36.3. The van der Waals surface area contributed by atoms with Gasteiger partial charge in [0.05, 0.1) is 12.2 Å². The molecule has 0 fully saturated rings. The number of amides is 2. The second-order valence-electron chi connectivity index (χ2n) is 10.8. The van der Waals surface area contributed by atoms with Crippen molar-refractivity contribution in [1.29, 1.82) is 0 Å². The van der Waals surface area contributed by atoms with Crippen molar-refractivity contribution >= 4 is 18.0 Å². The predicted octanol–water partition coefficient (Wildman–Crippen LogP) is 5.23. The van der Waals surface area contributed by atoms with Gasteiger partial charge >= 0.3 is 12.1 Å². The molecule has 0 aromatic heterocycles. The maximum atomic E-state index is 12.6. The largest absolute Gasteiger partial charge is 0.458 e. The van der Waals surface area contributed by atoms with Crippen molar-refractivity contribution in [2.24, 2.45) is 11.7 Å². The number of hydrogen-bond donors (Lipinski definition) is 4. The second kappa shape index (κ2) is 20.2. The van der Waals surface area contributed by atoms with Crippen molar-refractivity contribution in [3.05, 3.63) is 83.7 Å². The van der Waals surface area contributed by atoms with E-state index in [4.69, 9.17) is 15.2 Å². The summed E-state index contributed by atoms with van der Waals surface area (Å²) in [6.45, 7) is 9.55.